The lowest BCUT2D eigenvalue weighted by Gasteiger charge is -2.17. The van der Waals surface area contributed by atoms with Crippen LogP contribution in [0.2, 0.25) is 0 Å². The first-order chi connectivity index (χ1) is 10.2. The molecule has 1 rings (SSSR count). The molecule has 1 aromatic rings. The summed E-state index contributed by atoms with van der Waals surface area (Å²) in [5.74, 6) is 1.10. The van der Waals surface area contributed by atoms with Gasteiger partial charge in [0.25, 0.3) is 5.91 Å². The van der Waals surface area contributed by atoms with Gasteiger partial charge in [0.15, 0.2) is 11.5 Å². The molecule has 0 aliphatic rings. The van der Waals surface area contributed by atoms with Crippen molar-refractivity contribution in [3.8, 4) is 11.5 Å². The predicted octanol–water partition coefficient (Wildman–Crippen LogP) is 2.17. The van der Waals surface area contributed by atoms with Crippen LogP contribution in [-0.4, -0.2) is 51.2 Å². The van der Waals surface area contributed by atoms with Crippen molar-refractivity contribution < 1.29 is 14.3 Å². The van der Waals surface area contributed by atoms with Gasteiger partial charge in [-0.15, -0.1) is 0 Å². The van der Waals surface area contributed by atoms with Gasteiger partial charge in [-0.25, -0.2) is 0 Å². The maximum absolute atomic E-state index is 12.1. The van der Waals surface area contributed by atoms with Crippen LogP contribution in [0.4, 0.5) is 0 Å². The summed E-state index contributed by atoms with van der Waals surface area (Å²) in [5, 5.41) is 2.93. The number of carbonyl (C=O) groups is 1. The molecule has 0 radical (unpaired) electrons. The van der Waals surface area contributed by atoms with E-state index >= 15 is 0 Å². The maximum atomic E-state index is 12.1. The zero-order chi connectivity index (χ0) is 15.7. The number of hydrogen-bond acceptors (Lipinski definition) is 4. The molecule has 0 aromatic heterocycles. The summed E-state index contributed by atoms with van der Waals surface area (Å²) in [6, 6.07) is 5.17. The Labute approximate surface area is 127 Å². The minimum atomic E-state index is -0.0875. The monoisotopic (exact) mass is 294 g/mol. The fraction of sp³-hybridized carbons (Fsp3) is 0.562. The first kappa shape index (κ1) is 17.3. The first-order valence-corrected chi connectivity index (χ1v) is 7.38. The molecule has 0 fully saturated rings. The fourth-order valence-electron chi connectivity index (χ4n) is 2.12. The van der Waals surface area contributed by atoms with Crippen LogP contribution in [0.3, 0.4) is 0 Å². The van der Waals surface area contributed by atoms with Gasteiger partial charge >= 0.3 is 0 Å². The Hall–Kier alpha value is -1.75. The lowest BCUT2D eigenvalue weighted by Crippen LogP contribution is -2.29. The number of hydrogen-bond donors (Lipinski definition) is 1. The van der Waals surface area contributed by atoms with E-state index in [1.165, 1.54) is 0 Å². The summed E-state index contributed by atoms with van der Waals surface area (Å²) in [4.78, 5) is 14.4. The van der Waals surface area contributed by atoms with Gasteiger partial charge in [-0.3, -0.25) is 4.79 Å². The highest BCUT2D eigenvalue weighted by Gasteiger charge is 2.10. The Morgan fingerprint density at radius 1 is 1.14 bits per heavy atom. The third-order valence-corrected chi connectivity index (χ3v) is 3.48. The third kappa shape index (κ3) is 5.27. The van der Waals surface area contributed by atoms with Crippen molar-refractivity contribution in [3.63, 3.8) is 0 Å². The van der Waals surface area contributed by atoms with Crippen molar-refractivity contribution >= 4 is 5.91 Å². The molecule has 0 spiro atoms. The highest BCUT2D eigenvalue weighted by atomic mass is 16.5. The maximum Gasteiger partial charge on any atom is 0.251 e. The quantitative estimate of drug-likeness (QED) is 0.709. The molecule has 0 saturated carbocycles. The van der Waals surface area contributed by atoms with Crippen molar-refractivity contribution in [1.29, 1.82) is 0 Å². The van der Waals surface area contributed by atoms with Gasteiger partial charge in [0.2, 0.25) is 0 Å². The third-order valence-electron chi connectivity index (χ3n) is 3.48. The van der Waals surface area contributed by atoms with Crippen molar-refractivity contribution in [1.82, 2.24) is 10.2 Å². The van der Waals surface area contributed by atoms with Crippen LogP contribution < -0.4 is 14.8 Å². The second-order valence-electron chi connectivity index (χ2n) is 4.71. The molecule has 5 nitrogen and oxygen atoms in total. The normalized spacial score (nSPS) is 10.5. The van der Waals surface area contributed by atoms with Gasteiger partial charge in [0, 0.05) is 12.1 Å². The molecule has 5 heteroatoms. The molecule has 0 atom stereocenters. The highest BCUT2D eigenvalue weighted by Crippen LogP contribution is 2.27. The van der Waals surface area contributed by atoms with E-state index < -0.39 is 0 Å². The van der Waals surface area contributed by atoms with Crippen LogP contribution >= 0.6 is 0 Å². The first-order valence-electron chi connectivity index (χ1n) is 7.38. The number of benzene rings is 1. The molecule has 1 aromatic carbocycles. The van der Waals surface area contributed by atoms with Crippen LogP contribution in [0.5, 0.6) is 11.5 Å². The van der Waals surface area contributed by atoms with Crippen LogP contribution in [0.1, 0.15) is 30.6 Å². The average molecular weight is 294 g/mol. The second kappa shape index (κ2) is 9.23. The number of methoxy groups -OCH3 is 2. The summed E-state index contributed by atoms with van der Waals surface area (Å²) < 4.78 is 10.4. The SMILES string of the molecule is CCN(CC)CCCNC(=O)c1ccc(OC)c(OC)c1. The zero-order valence-corrected chi connectivity index (χ0v) is 13.4. The van der Waals surface area contributed by atoms with Crippen molar-refractivity contribution in [2.45, 2.75) is 20.3 Å². The minimum absolute atomic E-state index is 0.0875. The lowest BCUT2D eigenvalue weighted by molar-refractivity contribution is 0.0951. The van der Waals surface area contributed by atoms with Gasteiger partial charge in [-0.1, -0.05) is 13.8 Å². The highest BCUT2D eigenvalue weighted by molar-refractivity contribution is 5.94. The number of nitrogens with one attached hydrogen (secondary N) is 1. The topological polar surface area (TPSA) is 50.8 Å². The summed E-state index contributed by atoms with van der Waals surface area (Å²) >= 11 is 0. The Kier molecular flexibility index (Phi) is 7.61. The zero-order valence-electron chi connectivity index (χ0n) is 13.4. The van der Waals surface area contributed by atoms with Crippen LogP contribution in [0, 0.1) is 0 Å². The molecule has 21 heavy (non-hydrogen) atoms. The molecule has 0 saturated heterocycles. The van der Waals surface area contributed by atoms with Crippen LogP contribution in [0.25, 0.3) is 0 Å². The Morgan fingerprint density at radius 3 is 2.38 bits per heavy atom. The average Bonchev–Trinajstić information content (AvgIpc) is 2.54. The van der Waals surface area contributed by atoms with E-state index in [0.717, 1.165) is 26.1 Å². The van der Waals surface area contributed by atoms with E-state index in [9.17, 15) is 4.79 Å². The molecule has 118 valence electrons. The van der Waals surface area contributed by atoms with E-state index in [4.69, 9.17) is 9.47 Å². The summed E-state index contributed by atoms with van der Waals surface area (Å²) in [6.07, 6.45) is 0.945. The van der Waals surface area contributed by atoms with Gasteiger partial charge in [0.1, 0.15) is 0 Å². The Morgan fingerprint density at radius 2 is 1.81 bits per heavy atom. The van der Waals surface area contributed by atoms with Crippen LogP contribution in [0.15, 0.2) is 18.2 Å². The molecular formula is C16H26N2O3. The van der Waals surface area contributed by atoms with Crippen molar-refractivity contribution in [2.24, 2.45) is 0 Å². The van der Waals surface area contributed by atoms with Gasteiger partial charge in [-0.2, -0.15) is 0 Å². The van der Waals surface area contributed by atoms with E-state index in [1.807, 2.05) is 0 Å². The second-order valence-corrected chi connectivity index (χ2v) is 4.71. The van der Waals surface area contributed by atoms with Gasteiger partial charge in [-0.05, 0) is 44.3 Å². The van der Waals surface area contributed by atoms with Gasteiger partial charge < -0.3 is 19.7 Å². The largest absolute Gasteiger partial charge is 0.493 e. The van der Waals surface area contributed by atoms with Crippen molar-refractivity contribution in [3.05, 3.63) is 23.8 Å². The van der Waals surface area contributed by atoms with E-state index in [0.29, 0.717) is 23.6 Å². The molecule has 1 N–H and O–H groups in total. The predicted molar refractivity (Wildman–Crippen MR) is 84.3 cm³/mol. The molecular weight excluding hydrogens is 268 g/mol. The standard InChI is InChI=1S/C16H26N2O3/c1-5-18(6-2)11-7-10-17-16(19)13-8-9-14(20-3)15(12-13)21-4/h8-9,12H,5-7,10-11H2,1-4H3,(H,17,19). The Bertz CT molecular complexity index is 445. The van der Waals surface area contributed by atoms with E-state index in [-0.39, 0.29) is 5.91 Å². The number of rotatable bonds is 9. The molecule has 0 bridgehead atoms. The minimum Gasteiger partial charge on any atom is -0.493 e. The van der Waals surface area contributed by atoms with Crippen molar-refractivity contribution in [2.75, 3.05) is 40.4 Å². The molecule has 0 aliphatic carbocycles. The smallest absolute Gasteiger partial charge is 0.251 e. The number of carbonyl (C=O) groups excluding carboxylic acids is 1. The molecule has 1 amide bonds. The number of amides is 1. The lowest BCUT2D eigenvalue weighted by atomic mass is 10.2. The Balaban J connectivity index is 2.49. The fourth-order valence-corrected chi connectivity index (χ4v) is 2.12. The molecule has 0 aliphatic heterocycles. The molecule has 0 heterocycles. The van der Waals surface area contributed by atoms with E-state index in [2.05, 4.69) is 24.1 Å². The van der Waals surface area contributed by atoms with E-state index in [1.54, 1.807) is 32.4 Å². The number of nitrogens with zero attached hydrogens (tertiary/aromatic N) is 1. The number of ether oxygens (including phenoxy) is 2. The summed E-state index contributed by atoms with van der Waals surface area (Å²) in [5.41, 5.74) is 0.579. The molecule has 0 unspecified atom stereocenters. The summed E-state index contributed by atoms with van der Waals surface area (Å²) in [7, 11) is 3.13. The van der Waals surface area contributed by atoms with Crippen LogP contribution in [-0.2, 0) is 0 Å². The van der Waals surface area contributed by atoms with Gasteiger partial charge in [0.05, 0.1) is 14.2 Å². The summed E-state index contributed by atoms with van der Waals surface area (Å²) in [6.45, 7) is 8.04.